The second-order valence-corrected chi connectivity index (χ2v) is 2.99. The van der Waals surface area contributed by atoms with E-state index in [4.69, 9.17) is 5.11 Å². The molecular formula is C10H16O2. The van der Waals surface area contributed by atoms with Crippen molar-refractivity contribution in [3.05, 3.63) is 24.5 Å². The summed E-state index contributed by atoms with van der Waals surface area (Å²) >= 11 is 0. The molecule has 0 fully saturated rings. The Hall–Kier alpha value is -1.05. The van der Waals surface area contributed by atoms with Crippen LogP contribution in [0.5, 0.6) is 0 Å². The highest BCUT2D eigenvalue weighted by Crippen LogP contribution is 2.09. The van der Waals surface area contributed by atoms with Crippen molar-refractivity contribution >= 4 is 5.78 Å². The lowest BCUT2D eigenvalue weighted by atomic mass is 10.0. The highest BCUT2D eigenvalue weighted by Gasteiger charge is 2.05. The molecule has 0 aromatic rings. The molecule has 0 aliphatic rings. The summed E-state index contributed by atoms with van der Waals surface area (Å²) in [5.41, 5.74) is 0.422. The molecule has 0 rings (SSSR count). The lowest BCUT2D eigenvalue weighted by Crippen LogP contribution is -2.02. The molecule has 0 saturated heterocycles. The third-order valence-electron chi connectivity index (χ3n) is 1.86. The molecule has 2 heteroatoms. The van der Waals surface area contributed by atoms with Crippen molar-refractivity contribution in [2.45, 2.75) is 26.7 Å². The maximum Gasteiger partial charge on any atom is 0.161 e. The van der Waals surface area contributed by atoms with Crippen molar-refractivity contribution in [1.82, 2.24) is 0 Å². The summed E-state index contributed by atoms with van der Waals surface area (Å²) in [4.78, 5) is 11.1. The fraction of sp³-hybridized carbons (Fsp3) is 0.500. The first-order valence-electron chi connectivity index (χ1n) is 4.08. The second kappa shape index (κ2) is 5.58. The van der Waals surface area contributed by atoms with Gasteiger partial charge in [0.05, 0.1) is 6.26 Å². The molecule has 1 N–H and O–H groups in total. The van der Waals surface area contributed by atoms with E-state index in [-0.39, 0.29) is 5.78 Å². The molecule has 0 amide bonds. The van der Waals surface area contributed by atoms with E-state index in [1.54, 1.807) is 6.92 Å². The summed E-state index contributed by atoms with van der Waals surface area (Å²) in [5.74, 6) is 0.367. The van der Waals surface area contributed by atoms with Gasteiger partial charge in [0.15, 0.2) is 5.78 Å². The molecular weight excluding hydrogens is 152 g/mol. The van der Waals surface area contributed by atoms with Crippen molar-refractivity contribution in [2.24, 2.45) is 5.92 Å². The van der Waals surface area contributed by atoms with Crippen LogP contribution in [0, 0.1) is 5.92 Å². The van der Waals surface area contributed by atoms with Gasteiger partial charge in [0.1, 0.15) is 0 Å². The molecule has 1 unspecified atom stereocenters. The van der Waals surface area contributed by atoms with E-state index >= 15 is 0 Å². The standard InChI is InChI=1S/C10H16O2/c1-4-8(2)5-6-10(12)9(3)7-11/h4,7-8,11H,1,5-6H2,2-3H3/b9-7+. The summed E-state index contributed by atoms with van der Waals surface area (Å²) in [5, 5.41) is 8.52. The van der Waals surface area contributed by atoms with Gasteiger partial charge in [0.25, 0.3) is 0 Å². The number of hydrogen-bond acceptors (Lipinski definition) is 2. The Morgan fingerprint density at radius 1 is 1.67 bits per heavy atom. The molecule has 0 spiro atoms. The van der Waals surface area contributed by atoms with Crippen LogP contribution in [0.2, 0.25) is 0 Å². The topological polar surface area (TPSA) is 37.3 Å². The predicted molar refractivity (Wildman–Crippen MR) is 50.0 cm³/mol. The molecule has 0 aliphatic carbocycles. The Balaban J connectivity index is 3.79. The normalized spacial score (nSPS) is 14.0. The lowest BCUT2D eigenvalue weighted by molar-refractivity contribution is -0.115. The summed E-state index contributed by atoms with van der Waals surface area (Å²) in [6.45, 7) is 7.25. The summed E-state index contributed by atoms with van der Waals surface area (Å²) in [7, 11) is 0. The molecule has 0 aromatic heterocycles. The van der Waals surface area contributed by atoms with Gasteiger partial charge in [-0.25, -0.2) is 0 Å². The van der Waals surface area contributed by atoms with Crippen molar-refractivity contribution in [2.75, 3.05) is 0 Å². The predicted octanol–water partition coefficient (Wildman–Crippen LogP) is 2.62. The van der Waals surface area contributed by atoms with Crippen LogP contribution < -0.4 is 0 Å². The van der Waals surface area contributed by atoms with Gasteiger partial charge in [-0.15, -0.1) is 6.58 Å². The number of hydrogen-bond donors (Lipinski definition) is 1. The van der Waals surface area contributed by atoms with Crippen LogP contribution in [0.1, 0.15) is 26.7 Å². The first kappa shape index (κ1) is 11.0. The van der Waals surface area contributed by atoms with Crippen molar-refractivity contribution in [3.63, 3.8) is 0 Å². The van der Waals surface area contributed by atoms with Crippen LogP contribution in [0.15, 0.2) is 24.5 Å². The maximum atomic E-state index is 11.1. The minimum atomic E-state index is 0.00574. The van der Waals surface area contributed by atoms with Crippen LogP contribution in [-0.4, -0.2) is 10.9 Å². The van der Waals surface area contributed by atoms with E-state index in [2.05, 4.69) is 6.58 Å². The summed E-state index contributed by atoms with van der Waals surface area (Å²) in [6.07, 6.45) is 3.97. The fourth-order valence-corrected chi connectivity index (χ4v) is 0.746. The molecule has 2 nitrogen and oxygen atoms in total. The number of rotatable bonds is 5. The first-order chi connectivity index (χ1) is 5.61. The minimum Gasteiger partial charge on any atom is -0.515 e. The quantitative estimate of drug-likeness (QED) is 0.389. The summed E-state index contributed by atoms with van der Waals surface area (Å²) in [6, 6.07) is 0. The first-order valence-corrected chi connectivity index (χ1v) is 4.08. The van der Waals surface area contributed by atoms with Crippen molar-refractivity contribution in [3.8, 4) is 0 Å². The molecule has 0 saturated carbocycles. The highest BCUT2D eigenvalue weighted by molar-refractivity contribution is 5.94. The van der Waals surface area contributed by atoms with Crippen LogP contribution >= 0.6 is 0 Å². The second-order valence-electron chi connectivity index (χ2n) is 2.99. The van der Waals surface area contributed by atoms with E-state index in [9.17, 15) is 4.79 Å². The van der Waals surface area contributed by atoms with Gasteiger partial charge in [0.2, 0.25) is 0 Å². The van der Waals surface area contributed by atoms with Gasteiger partial charge < -0.3 is 5.11 Å². The smallest absolute Gasteiger partial charge is 0.161 e. The number of aliphatic hydroxyl groups excluding tert-OH is 1. The lowest BCUT2D eigenvalue weighted by Gasteiger charge is -2.03. The van der Waals surface area contributed by atoms with Crippen LogP contribution in [0.4, 0.5) is 0 Å². The van der Waals surface area contributed by atoms with Gasteiger partial charge in [-0.3, -0.25) is 4.79 Å². The van der Waals surface area contributed by atoms with E-state index in [0.29, 0.717) is 17.9 Å². The van der Waals surface area contributed by atoms with Crippen LogP contribution in [0.25, 0.3) is 0 Å². The SMILES string of the molecule is C=CC(C)CCC(=O)/C(C)=C/O. The molecule has 12 heavy (non-hydrogen) atoms. The number of Topliss-reactive ketones (excluding diaryl/α,β-unsaturated/α-hetero) is 1. The Labute approximate surface area is 73.6 Å². The molecule has 0 bridgehead atoms. The monoisotopic (exact) mass is 168 g/mol. The number of ketones is 1. The van der Waals surface area contributed by atoms with E-state index in [0.717, 1.165) is 12.7 Å². The van der Waals surface area contributed by atoms with Gasteiger partial charge in [0, 0.05) is 12.0 Å². The molecule has 1 atom stereocenters. The van der Waals surface area contributed by atoms with E-state index < -0.39 is 0 Å². The average Bonchev–Trinajstić information content (AvgIpc) is 2.11. The van der Waals surface area contributed by atoms with Gasteiger partial charge in [-0.05, 0) is 19.3 Å². The number of aliphatic hydroxyl groups is 1. The molecule has 0 aliphatic heterocycles. The minimum absolute atomic E-state index is 0.00574. The molecule has 0 radical (unpaired) electrons. The van der Waals surface area contributed by atoms with Gasteiger partial charge in [-0.2, -0.15) is 0 Å². The third-order valence-corrected chi connectivity index (χ3v) is 1.86. The van der Waals surface area contributed by atoms with Crippen molar-refractivity contribution in [1.29, 1.82) is 0 Å². The number of allylic oxidation sites excluding steroid dienone is 2. The molecule has 0 aromatic carbocycles. The Morgan fingerprint density at radius 3 is 2.67 bits per heavy atom. The van der Waals surface area contributed by atoms with E-state index in [1.807, 2.05) is 13.0 Å². The zero-order valence-corrected chi connectivity index (χ0v) is 7.71. The van der Waals surface area contributed by atoms with Crippen LogP contribution in [0.3, 0.4) is 0 Å². The largest absolute Gasteiger partial charge is 0.515 e. The van der Waals surface area contributed by atoms with Crippen molar-refractivity contribution < 1.29 is 9.90 Å². The third kappa shape index (κ3) is 3.96. The Bertz CT molecular complexity index is 192. The highest BCUT2D eigenvalue weighted by atomic mass is 16.2. The zero-order valence-electron chi connectivity index (χ0n) is 7.71. The fourth-order valence-electron chi connectivity index (χ4n) is 0.746. The maximum absolute atomic E-state index is 11.1. The molecule has 68 valence electrons. The van der Waals surface area contributed by atoms with Gasteiger partial charge >= 0.3 is 0 Å². The number of carbonyl (C=O) groups is 1. The average molecular weight is 168 g/mol. The molecule has 0 heterocycles. The summed E-state index contributed by atoms with van der Waals surface area (Å²) < 4.78 is 0. The Kier molecular flexibility index (Phi) is 5.09. The number of carbonyl (C=O) groups excluding carboxylic acids is 1. The Morgan fingerprint density at radius 2 is 2.25 bits per heavy atom. The van der Waals surface area contributed by atoms with E-state index in [1.165, 1.54) is 0 Å². The van der Waals surface area contributed by atoms with Gasteiger partial charge in [-0.1, -0.05) is 13.0 Å². The zero-order chi connectivity index (χ0) is 9.56. The van der Waals surface area contributed by atoms with Crippen LogP contribution in [-0.2, 0) is 4.79 Å².